The molecular formula is C20H15ClN4OS. The number of hydrogen-bond donors (Lipinski definition) is 2. The van der Waals surface area contributed by atoms with E-state index in [4.69, 9.17) is 11.0 Å². The monoisotopic (exact) mass is 394 g/mol. The minimum atomic E-state index is -0.190. The van der Waals surface area contributed by atoms with Crippen LogP contribution in [-0.4, -0.2) is 5.91 Å². The number of carbonyl (C=O) groups is 1. The lowest BCUT2D eigenvalue weighted by Crippen LogP contribution is -3.00. The number of nitrogen functional groups attached to an aromatic ring is 1. The Kier molecular flexibility index (Phi) is 5.26. The van der Waals surface area contributed by atoms with Gasteiger partial charge >= 0.3 is 5.13 Å². The van der Waals surface area contributed by atoms with E-state index in [-0.39, 0.29) is 24.9 Å². The van der Waals surface area contributed by atoms with Gasteiger partial charge in [0.1, 0.15) is 0 Å². The van der Waals surface area contributed by atoms with Crippen molar-refractivity contribution in [1.82, 2.24) is 0 Å². The van der Waals surface area contributed by atoms with Crippen LogP contribution in [0.1, 0.15) is 5.56 Å². The number of thiazole rings is 1. The quantitative estimate of drug-likeness (QED) is 0.495. The van der Waals surface area contributed by atoms with Gasteiger partial charge in [0.25, 0.3) is 5.91 Å². The summed E-state index contributed by atoms with van der Waals surface area (Å²) in [6, 6.07) is 21.0. The average molecular weight is 395 g/mol. The molecule has 3 aromatic carbocycles. The number of anilines is 2. The van der Waals surface area contributed by atoms with E-state index in [2.05, 4.69) is 17.5 Å². The third-order valence-electron chi connectivity index (χ3n) is 4.19. The minimum absolute atomic E-state index is 0. The Labute approximate surface area is 166 Å². The summed E-state index contributed by atoms with van der Waals surface area (Å²) in [5.41, 5.74) is 8.25. The highest BCUT2D eigenvalue weighted by molar-refractivity contribution is 7.21. The van der Waals surface area contributed by atoms with E-state index in [1.165, 1.54) is 11.3 Å². The molecule has 1 heterocycles. The van der Waals surface area contributed by atoms with Gasteiger partial charge in [0, 0.05) is 11.1 Å². The maximum atomic E-state index is 12.5. The van der Waals surface area contributed by atoms with E-state index in [1.54, 1.807) is 24.3 Å². The largest absolute Gasteiger partial charge is 1.00 e. The molecule has 0 saturated carbocycles. The molecule has 4 rings (SSSR count). The van der Waals surface area contributed by atoms with Crippen LogP contribution in [0.2, 0.25) is 0 Å². The minimum Gasteiger partial charge on any atom is -1.00 e. The summed E-state index contributed by atoms with van der Waals surface area (Å²) < 4.78 is 2.88. The summed E-state index contributed by atoms with van der Waals surface area (Å²) >= 11 is 1.47. The molecule has 0 aliphatic rings. The highest BCUT2D eigenvalue weighted by Crippen LogP contribution is 2.29. The topological polar surface area (TPSA) is 82.8 Å². The molecule has 0 fully saturated rings. The molecule has 0 saturated heterocycles. The lowest BCUT2D eigenvalue weighted by Gasteiger charge is -2.06. The summed E-state index contributed by atoms with van der Waals surface area (Å²) in [6.07, 6.45) is 0. The SMILES string of the molecule is N#Cc1cccc(NC(=O)C[n+]2c(N)sc3ccc4ccccc4c32)c1.[Cl-]. The van der Waals surface area contributed by atoms with Crippen LogP contribution in [-0.2, 0) is 11.3 Å². The van der Waals surface area contributed by atoms with E-state index >= 15 is 0 Å². The summed E-state index contributed by atoms with van der Waals surface area (Å²) in [4.78, 5) is 12.5. The summed E-state index contributed by atoms with van der Waals surface area (Å²) in [6.45, 7) is 0.108. The molecule has 0 unspecified atom stereocenters. The Morgan fingerprint density at radius 3 is 2.78 bits per heavy atom. The number of fused-ring (bicyclic) bond motifs is 3. The van der Waals surface area contributed by atoms with Crippen LogP contribution >= 0.6 is 11.3 Å². The number of aromatic nitrogens is 1. The van der Waals surface area contributed by atoms with E-state index < -0.39 is 0 Å². The summed E-state index contributed by atoms with van der Waals surface area (Å²) in [5.74, 6) is -0.190. The predicted octanol–water partition coefficient (Wildman–Crippen LogP) is 0.439. The lowest BCUT2D eigenvalue weighted by atomic mass is 10.1. The van der Waals surface area contributed by atoms with Crippen molar-refractivity contribution < 1.29 is 21.8 Å². The number of nitrogens with two attached hydrogens (primary N) is 1. The Morgan fingerprint density at radius 1 is 1.15 bits per heavy atom. The van der Waals surface area contributed by atoms with Crippen LogP contribution < -0.4 is 28.0 Å². The van der Waals surface area contributed by atoms with Gasteiger partial charge in [-0.15, -0.1) is 0 Å². The van der Waals surface area contributed by atoms with Gasteiger partial charge in [0.15, 0.2) is 12.1 Å². The predicted molar refractivity (Wildman–Crippen MR) is 104 cm³/mol. The van der Waals surface area contributed by atoms with Crippen molar-refractivity contribution in [2.24, 2.45) is 0 Å². The van der Waals surface area contributed by atoms with Crippen LogP contribution in [0.5, 0.6) is 0 Å². The molecule has 3 N–H and O–H groups in total. The first-order valence-electron chi connectivity index (χ1n) is 8.05. The van der Waals surface area contributed by atoms with Gasteiger partial charge in [-0.25, -0.2) is 4.57 Å². The van der Waals surface area contributed by atoms with Gasteiger partial charge in [0.05, 0.1) is 16.3 Å². The fourth-order valence-electron chi connectivity index (χ4n) is 3.04. The zero-order chi connectivity index (χ0) is 18.1. The van der Waals surface area contributed by atoms with Crippen LogP contribution in [0.4, 0.5) is 10.8 Å². The first-order valence-corrected chi connectivity index (χ1v) is 8.87. The Morgan fingerprint density at radius 2 is 1.96 bits per heavy atom. The second kappa shape index (κ2) is 7.62. The molecule has 134 valence electrons. The molecule has 7 heteroatoms. The normalized spacial score (nSPS) is 10.3. The zero-order valence-electron chi connectivity index (χ0n) is 14.1. The van der Waals surface area contributed by atoms with Crippen LogP contribution in [0.15, 0.2) is 60.7 Å². The molecule has 1 aromatic heterocycles. The first kappa shape index (κ1) is 18.6. The van der Waals surface area contributed by atoms with E-state index in [9.17, 15) is 4.79 Å². The van der Waals surface area contributed by atoms with Crippen LogP contribution in [0.25, 0.3) is 21.0 Å². The van der Waals surface area contributed by atoms with Gasteiger partial charge in [0.2, 0.25) is 0 Å². The van der Waals surface area contributed by atoms with Crippen molar-refractivity contribution in [3.8, 4) is 6.07 Å². The first-order chi connectivity index (χ1) is 12.7. The van der Waals surface area contributed by atoms with Gasteiger partial charge in [-0.1, -0.05) is 36.4 Å². The van der Waals surface area contributed by atoms with Crippen molar-refractivity contribution in [2.45, 2.75) is 6.54 Å². The highest BCUT2D eigenvalue weighted by Gasteiger charge is 2.20. The average Bonchev–Trinajstić information content (AvgIpc) is 2.97. The fraction of sp³-hybridized carbons (Fsp3) is 0.0500. The lowest BCUT2D eigenvalue weighted by molar-refractivity contribution is -0.638. The molecular weight excluding hydrogens is 380 g/mol. The van der Waals surface area contributed by atoms with Crippen LogP contribution in [0.3, 0.4) is 0 Å². The third kappa shape index (κ3) is 3.56. The van der Waals surface area contributed by atoms with E-state index in [0.29, 0.717) is 16.4 Å². The Bertz CT molecular complexity index is 1200. The van der Waals surface area contributed by atoms with Crippen molar-refractivity contribution in [1.29, 1.82) is 5.26 Å². The summed E-state index contributed by atoms with van der Waals surface area (Å²) in [7, 11) is 0. The zero-order valence-corrected chi connectivity index (χ0v) is 15.7. The van der Waals surface area contributed by atoms with Crippen molar-refractivity contribution in [3.05, 3.63) is 66.2 Å². The van der Waals surface area contributed by atoms with E-state index in [1.807, 2.05) is 34.9 Å². The number of amides is 1. The molecule has 27 heavy (non-hydrogen) atoms. The number of nitrogens with one attached hydrogen (secondary N) is 1. The van der Waals surface area contributed by atoms with Gasteiger partial charge in [-0.05, 0) is 41.0 Å². The molecule has 0 aliphatic heterocycles. The van der Waals surface area contributed by atoms with Crippen molar-refractivity contribution >= 4 is 49.1 Å². The van der Waals surface area contributed by atoms with Gasteiger partial charge in [-0.2, -0.15) is 5.26 Å². The highest BCUT2D eigenvalue weighted by atomic mass is 35.5. The smallest absolute Gasteiger partial charge is 0.333 e. The molecule has 0 bridgehead atoms. The Balaban J connectivity index is 0.00000210. The van der Waals surface area contributed by atoms with E-state index in [0.717, 1.165) is 21.0 Å². The molecule has 4 aromatic rings. The maximum absolute atomic E-state index is 12.5. The second-order valence-corrected chi connectivity index (χ2v) is 6.96. The number of carbonyl (C=O) groups excluding carboxylic acids is 1. The molecule has 0 radical (unpaired) electrons. The summed E-state index contributed by atoms with van der Waals surface area (Å²) in [5, 5.41) is 14.6. The number of hydrogen-bond acceptors (Lipinski definition) is 4. The van der Waals surface area contributed by atoms with Gasteiger partial charge in [-0.3, -0.25) is 10.5 Å². The fourth-order valence-corrected chi connectivity index (χ4v) is 3.99. The standard InChI is InChI=1S/C20H14N4OS.ClH/c21-11-13-4-3-6-15(10-13)23-18(25)12-24-19-16-7-2-1-5-14(16)8-9-17(19)26-20(24)22;/h1-10,22H,12H2,(H,23,25);1H. The molecule has 0 atom stereocenters. The number of rotatable bonds is 3. The van der Waals surface area contributed by atoms with Crippen LogP contribution in [0, 0.1) is 11.3 Å². The third-order valence-corrected chi connectivity index (χ3v) is 5.17. The second-order valence-electron chi connectivity index (χ2n) is 5.90. The van der Waals surface area contributed by atoms with Gasteiger partial charge < -0.3 is 17.7 Å². The molecule has 0 spiro atoms. The Hall–Kier alpha value is -3.14. The molecule has 5 nitrogen and oxygen atoms in total. The molecule has 0 aliphatic carbocycles. The molecule has 1 amide bonds. The number of nitrogens with zero attached hydrogens (tertiary/aromatic N) is 2. The maximum Gasteiger partial charge on any atom is 0.333 e. The number of benzene rings is 3. The van der Waals surface area contributed by atoms with Crippen molar-refractivity contribution in [3.63, 3.8) is 0 Å². The number of halogens is 1. The van der Waals surface area contributed by atoms with Crippen molar-refractivity contribution in [2.75, 3.05) is 11.1 Å². The number of nitriles is 1.